The van der Waals surface area contributed by atoms with Crippen molar-refractivity contribution in [2.75, 3.05) is 36.9 Å². The van der Waals surface area contributed by atoms with Crippen LogP contribution in [0.3, 0.4) is 0 Å². The second kappa shape index (κ2) is 16.2. The highest BCUT2D eigenvalue weighted by molar-refractivity contribution is 6.05. The summed E-state index contributed by atoms with van der Waals surface area (Å²) >= 11 is 0. The number of alkyl halides is 6. The van der Waals surface area contributed by atoms with Crippen molar-refractivity contribution in [1.82, 2.24) is 34.1 Å². The molecule has 0 spiro atoms. The van der Waals surface area contributed by atoms with Crippen LogP contribution in [0.25, 0.3) is 21.9 Å². The Labute approximate surface area is 344 Å². The number of benzene rings is 2. The summed E-state index contributed by atoms with van der Waals surface area (Å²) in [4.78, 5) is 58.8. The second-order valence-electron chi connectivity index (χ2n) is 16.1. The quantitative estimate of drug-likeness (QED) is 0.124. The number of pyridine rings is 1. The molecule has 1 aliphatic carbocycles. The number of piperidine rings is 2. The van der Waals surface area contributed by atoms with Gasteiger partial charge in [-0.3, -0.25) is 33.5 Å². The van der Waals surface area contributed by atoms with Crippen LogP contribution in [-0.4, -0.2) is 85.6 Å². The number of hydrogen-bond donors (Lipinski definition) is 2. The Morgan fingerprint density at radius 2 is 1.67 bits per heavy atom. The second-order valence-corrected chi connectivity index (χ2v) is 16.1. The molecule has 1 saturated carbocycles. The average molecular weight is 856 g/mol. The Hall–Kier alpha value is -5.92. The van der Waals surface area contributed by atoms with Crippen molar-refractivity contribution in [3.05, 3.63) is 76.6 Å². The van der Waals surface area contributed by atoms with E-state index < -0.39 is 53.2 Å². The zero-order chi connectivity index (χ0) is 43.4. The number of ether oxygens (including phenoxy) is 1. The van der Waals surface area contributed by atoms with E-state index in [2.05, 4.69) is 42.3 Å². The zero-order valence-corrected chi connectivity index (χ0v) is 33.2. The van der Waals surface area contributed by atoms with E-state index in [1.807, 2.05) is 18.2 Å². The number of imide groups is 1. The first-order valence-electron chi connectivity index (χ1n) is 20.1. The first kappa shape index (κ1) is 41.8. The fourth-order valence-corrected chi connectivity index (χ4v) is 9.07. The summed E-state index contributed by atoms with van der Waals surface area (Å²) in [6, 6.07) is 10.2. The van der Waals surface area contributed by atoms with Crippen molar-refractivity contribution in [2.45, 2.75) is 82.0 Å². The average Bonchev–Trinajstić information content (AvgIpc) is 3.74. The predicted octanol–water partition coefficient (Wildman–Crippen LogP) is 6.56. The van der Waals surface area contributed by atoms with E-state index in [1.165, 1.54) is 10.6 Å². The lowest BCUT2D eigenvalue weighted by Crippen LogP contribution is -2.45. The van der Waals surface area contributed by atoms with Crippen LogP contribution in [0.4, 0.5) is 37.7 Å². The van der Waals surface area contributed by atoms with Gasteiger partial charge >= 0.3 is 18.2 Å². The van der Waals surface area contributed by atoms with E-state index in [9.17, 15) is 45.5 Å². The van der Waals surface area contributed by atoms with Crippen LogP contribution in [-0.2, 0) is 22.8 Å². The number of rotatable bonds is 9. The van der Waals surface area contributed by atoms with Crippen LogP contribution in [0.2, 0.25) is 0 Å². The number of imidazole rings is 1. The maximum absolute atomic E-state index is 13.4. The number of anilines is 2. The molecule has 324 valence electrons. The van der Waals surface area contributed by atoms with Crippen LogP contribution in [0, 0.1) is 5.92 Å². The van der Waals surface area contributed by atoms with E-state index in [4.69, 9.17) is 0 Å². The third-order valence-corrected chi connectivity index (χ3v) is 12.1. The van der Waals surface area contributed by atoms with Gasteiger partial charge in [0.2, 0.25) is 11.8 Å². The minimum Gasteiger partial charge on any atom is -0.403 e. The summed E-state index contributed by atoms with van der Waals surface area (Å²) in [5.41, 5.74) is -0.160. The molecule has 3 aromatic heterocycles. The minimum atomic E-state index is -5.13. The third-order valence-electron chi connectivity index (χ3n) is 12.1. The van der Waals surface area contributed by atoms with Gasteiger partial charge in [0.15, 0.2) is 5.75 Å². The molecular formula is C41H43F6N9O5. The molecule has 20 heteroatoms. The SMILES string of the molecule is CN(CC1CCC(n2cc3cc(NC(=O)c4cccc(C(F)(F)F)n4)c(OC(F)(F)F)cc3n2)CC1)C1CCN(c2cccc3c2n(C)c(=O)n3C2CCC(=O)NC2=O)CC1. The van der Waals surface area contributed by atoms with E-state index in [-0.39, 0.29) is 36.0 Å². The first-order valence-corrected chi connectivity index (χ1v) is 20.1. The van der Waals surface area contributed by atoms with Crippen molar-refractivity contribution in [3.8, 4) is 5.75 Å². The fraction of sp³-hybridized carbons (Fsp3) is 0.463. The van der Waals surface area contributed by atoms with Crippen LogP contribution >= 0.6 is 0 Å². The highest BCUT2D eigenvalue weighted by Gasteiger charge is 2.36. The normalized spacial score (nSPS) is 20.7. The molecule has 8 rings (SSSR count). The standard InChI is InChI=1S/C41H43F6N9O5/c1-52(25-15-17-54(18-16-25)30-6-4-7-31-36(30)53(2)39(60)56(31)32-13-14-35(57)50-38(32)59)21-23-9-11-26(12-10-23)55-22-24-19-29(33(20-28(24)51-55)61-41(45,46)47)49-37(58)27-5-3-8-34(48-27)40(42,43)44/h3-8,19-20,22-23,25-26,32H,9-18,21H2,1-2H3,(H,49,58)(H,50,57,59). The number of aromatic nitrogens is 5. The maximum Gasteiger partial charge on any atom is 0.573 e. The number of nitrogens with one attached hydrogen (secondary N) is 2. The molecule has 14 nitrogen and oxygen atoms in total. The fourth-order valence-electron chi connectivity index (χ4n) is 9.07. The lowest BCUT2D eigenvalue weighted by Gasteiger charge is -2.40. The maximum atomic E-state index is 13.4. The summed E-state index contributed by atoms with van der Waals surface area (Å²) in [6.07, 6.45) is -2.68. The summed E-state index contributed by atoms with van der Waals surface area (Å²) in [5.74, 6) is -2.32. The minimum absolute atomic E-state index is 0.0277. The lowest BCUT2D eigenvalue weighted by molar-refractivity contribution is -0.274. The van der Waals surface area contributed by atoms with Gasteiger partial charge in [0, 0.05) is 56.8 Å². The summed E-state index contributed by atoms with van der Waals surface area (Å²) in [7, 11) is 3.84. The van der Waals surface area contributed by atoms with Gasteiger partial charge in [-0.05, 0) is 88.2 Å². The molecule has 2 saturated heterocycles. The van der Waals surface area contributed by atoms with Crippen molar-refractivity contribution >= 4 is 51.0 Å². The molecular weight excluding hydrogens is 812 g/mol. The van der Waals surface area contributed by atoms with Gasteiger partial charge in [-0.1, -0.05) is 12.1 Å². The predicted molar refractivity (Wildman–Crippen MR) is 211 cm³/mol. The van der Waals surface area contributed by atoms with Crippen molar-refractivity contribution in [2.24, 2.45) is 13.0 Å². The highest BCUT2D eigenvalue weighted by atomic mass is 19.4. The molecule has 1 unspecified atom stereocenters. The lowest BCUT2D eigenvalue weighted by atomic mass is 9.85. The Morgan fingerprint density at radius 1 is 0.951 bits per heavy atom. The number of carbonyl (C=O) groups is 3. The number of amides is 3. The van der Waals surface area contributed by atoms with E-state index in [0.717, 1.165) is 87.6 Å². The largest absolute Gasteiger partial charge is 0.573 e. The van der Waals surface area contributed by atoms with E-state index in [1.54, 1.807) is 22.5 Å². The summed E-state index contributed by atoms with van der Waals surface area (Å²) in [6.45, 7) is 2.43. The molecule has 2 N–H and O–H groups in total. The van der Waals surface area contributed by atoms with Gasteiger partial charge in [0.05, 0.1) is 34.0 Å². The Kier molecular flexibility index (Phi) is 11.1. The number of hydrogen-bond acceptors (Lipinski definition) is 9. The molecule has 0 radical (unpaired) electrons. The van der Waals surface area contributed by atoms with Gasteiger partial charge in [0.1, 0.15) is 17.4 Å². The van der Waals surface area contributed by atoms with Crippen molar-refractivity contribution < 1.29 is 45.5 Å². The van der Waals surface area contributed by atoms with Crippen LogP contribution in [0.5, 0.6) is 5.75 Å². The number of nitrogens with zero attached hydrogens (tertiary/aromatic N) is 7. The number of fused-ring (bicyclic) bond motifs is 2. The molecule has 0 bridgehead atoms. The summed E-state index contributed by atoms with van der Waals surface area (Å²) in [5, 5.41) is 9.53. The van der Waals surface area contributed by atoms with Gasteiger partial charge in [0.25, 0.3) is 5.91 Å². The van der Waals surface area contributed by atoms with Crippen molar-refractivity contribution in [3.63, 3.8) is 0 Å². The molecule has 3 fully saturated rings. The summed E-state index contributed by atoms with van der Waals surface area (Å²) < 4.78 is 88.8. The van der Waals surface area contributed by atoms with E-state index in [0.29, 0.717) is 28.9 Å². The monoisotopic (exact) mass is 855 g/mol. The third kappa shape index (κ3) is 8.67. The van der Waals surface area contributed by atoms with Crippen LogP contribution in [0.15, 0.2) is 59.5 Å². The highest BCUT2D eigenvalue weighted by Crippen LogP contribution is 2.38. The molecule has 5 aromatic rings. The number of halogens is 6. The molecule has 2 aliphatic heterocycles. The molecule has 3 aliphatic rings. The Balaban J connectivity index is 0.887. The number of para-hydroxylation sites is 1. The van der Waals surface area contributed by atoms with Crippen LogP contribution < -0.4 is 26.0 Å². The molecule has 61 heavy (non-hydrogen) atoms. The smallest absolute Gasteiger partial charge is 0.403 e. The molecule has 5 heterocycles. The molecule has 1 atom stereocenters. The number of carbonyl (C=O) groups excluding carboxylic acids is 3. The Morgan fingerprint density at radius 3 is 2.36 bits per heavy atom. The van der Waals surface area contributed by atoms with Gasteiger partial charge < -0.3 is 19.9 Å². The van der Waals surface area contributed by atoms with Gasteiger partial charge in [-0.15, -0.1) is 13.2 Å². The zero-order valence-electron chi connectivity index (χ0n) is 33.2. The van der Waals surface area contributed by atoms with E-state index >= 15 is 0 Å². The van der Waals surface area contributed by atoms with Gasteiger partial charge in [-0.2, -0.15) is 18.3 Å². The molecule has 3 amide bonds. The van der Waals surface area contributed by atoms with Gasteiger partial charge in [-0.25, -0.2) is 9.78 Å². The number of aryl methyl sites for hydroxylation is 1. The Bertz CT molecular complexity index is 2550. The van der Waals surface area contributed by atoms with Crippen molar-refractivity contribution in [1.29, 1.82) is 0 Å². The molecule has 2 aromatic carbocycles. The van der Waals surface area contributed by atoms with Crippen LogP contribution in [0.1, 0.15) is 79.6 Å². The first-order chi connectivity index (χ1) is 28.9. The topological polar surface area (TPSA) is 149 Å².